The third-order valence-corrected chi connectivity index (χ3v) is 4.89. The van der Waals surface area contributed by atoms with E-state index in [0.29, 0.717) is 18.1 Å². The van der Waals surface area contributed by atoms with E-state index in [4.69, 9.17) is 0 Å². The Balaban J connectivity index is 1.58. The molecule has 0 radical (unpaired) electrons. The van der Waals surface area contributed by atoms with Crippen LogP contribution in [0.2, 0.25) is 0 Å². The van der Waals surface area contributed by atoms with Crippen LogP contribution in [0.1, 0.15) is 5.56 Å². The van der Waals surface area contributed by atoms with Gasteiger partial charge >= 0.3 is 0 Å². The minimum atomic E-state index is -0.0384. The minimum Gasteiger partial charge on any atom is -0.378 e. The quantitative estimate of drug-likeness (QED) is 0.648. The highest BCUT2D eigenvalue weighted by molar-refractivity contribution is 8.00. The van der Waals surface area contributed by atoms with Gasteiger partial charge in [0.15, 0.2) is 0 Å². The Morgan fingerprint density at radius 3 is 2.50 bits per heavy atom. The lowest BCUT2D eigenvalue weighted by Crippen LogP contribution is -2.17. The predicted octanol–water partition coefficient (Wildman–Crippen LogP) is 3.73. The van der Waals surface area contributed by atoms with E-state index in [1.807, 2.05) is 50.5 Å². The third-order valence-electron chi connectivity index (χ3n) is 3.88. The zero-order valence-corrected chi connectivity index (χ0v) is 15.7. The summed E-state index contributed by atoms with van der Waals surface area (Å²) in [5, 5.41) is 7.27. The normalized spacial score (nSPS) is 10.5. The van der Waals surface area contributed by atoms with Gasteiger partial charge in [-0.15, -0.1) is 11.8 Å². The molecule has 0 bridgehead atoms. The Hall–Kier alpha value is -2.73. The molecule has 0 aliphatic heterocycles. The molecule has 0 saturated heterocycles. The molecule has 1 heterocycles. The second-order valence-electron chi connectivity index (χ2n) is 6.08. The molecule has 5 nitrogen and oxygen atoms in total. The average molecular weight is 366 g/mol. The first-order chi connectivity index (χ1) is 12.6. The smallest absolute Gasteiger partial charge is 0.235 e. The van der Waals surface area contributed by atoms with Crippen molar-refractivity contribution in [3.05, 3.63) is 72.4 Å². The number of carbonyl (C=O) groups excluding carboxylic acids is 1. The van der Waals surface area contributed by atoms with E-state index in [1.165, 1.54) is 11.8 Å². The molecule has 1 amide bonds. The van der Waals surface area contributed by atoms with Crippen molar-refractivity contribution >= 4 is 29.2 Å². The van der Waals surface area contributed by atoms with Gasteiger partial charge in [-0.05, 0) is 29.8 Å². The van der Waals surface area contributed by atoms with Crippen LogP contribution in [0, 0.1) is 0 Å². The number of aromatic nitrogens is 2. The molecule has 26 heavy (non-hydrogen) atoms. The van der Waals surface area contributed by atoms with Crippen molar-refractivity contribution in [2.45, 2.75) is 11.4 Å². The van der Waals surface area contributed by atoms with Crippen molar-refractivity contribution in [1.29, 1.82) is 0 Å². The van der Waals surface area contributed by atoms with Crippen LogP contribution in [-0.4, -0.2) is 35.5 Å². The lowest BCUT2D eigenvalue weighted by Gasteiger charge is -2.13. The van der Waals surface area contributed by atoms with Gasteiger partial charge in [0.25, 0.3) is 0 Å². The Kier molecular flexibility index (Phi) is 5.96. The summed E-state index contributed by atoms with van der Waals surface area (Å²) in [5.74, 6) is 1.04. The van der Waals surface area contributed by atoms with Gasteiger partial charge in [0.2, 0.25) is 5.91 Å². The number of amides is 1. The van der Waals surface area contributed by atoms with Crippen LogP contribution < -0.4 is 10.2 Å². The molecule has 0 fully saturated rings. The predicted molar refractivity (Wildman–Crippen MR) is 108 cm³/mol. The van der Waals surface area contributed by atoms with Gasteiger partial charge in [-0.1, -0.05) is 30.3 Å². The number of nitrogens with one attached hydrogen (secondary N) is 1. The van der Waals surface area contributed by atoms with Gasteiger partial charge in [0, 0.05) is 30.7 Å². The number of hydrogen-bond acceptors (Lipinski definition) is 4. The number of thioether (sulfide) groups is 1. The first kappa shape index (κ1) is 18.1. The lowest BCUT2D eigenvalue weighted by atomic mass is 10.2. The molecular weight excluding hydrogens is 344 g/mol. The summed E-state index contributed by atoms with van der Waals surface area (Å²) in [6.45, 7) is 0.613. The Labute approximate surface area is 158 Å². The molecule has 0 spiro atoms. The average Bonchev–Trinajstić information content (AvgIpc) is 3.08. The Bertz CT molecular complexity index is 844. The topological polar surface area (TPSA) is 50.2 Å². The Morgan fingerprint density at radius 2 is 1.81 bits per heavy atom. The van der Waals surface area contributed by atoms with E-state index < -0.39 is 0 Å². The molecule has 0 unspecified atom stereocenters. The molecule has 3 aromatic rings. The fraction of sp³-hybridized carbons (Fsp3) is 0.200. The second-order valence-corrected chi connectivity index (χ2v) is 7.13. The molecule has 3 rings (SSSR count). The van der Waals surface area contributed by atoms with Crippen LogP contribution in [0.25, 0.3) is 0 Å². The van der Waals surface area contributed by atoms with Crippen LogP contribution in [-0.2, 0) is 11.3 Å². The van der Waals surface area contributed by atoms with Gasteiger partial charge in [-0.25, -0.2) is 4.68 Å². The minimum absolute atomic E-state index is 0.0384. The van der Waals surface area contributed by atoms with E-state index in [-0.39, 0.29) is 5.91 Å². The monoisotopic (exact) mass is 366 g/mol. The van der Waals surface area contributed by atoms with E-state index in [2.05, 4.69) is 39.6 Å². The highest BCUT2D eigenvalue weighted by Crippen LogP contribution is 2.18. The zero-order chi connectivity index (χ0) is 18.4. The van der Waals surface area contributed by atoms with Crippen LogP contribution in [0.4, 0.5) is 11.5 Å². The van der Waals surface area contributed by atoms with E-state index >= 15 is 0 Å². The van der Waals surface area contributed by atoms with Crippen molar-refractivity contribution in [1.82, 2.24) is 9.78 Å². The summed E-state index contributed by atoms with van der Waals surface area (Å²) >= 11 is 1.52. The van der Waals surface area contributed by atoms with Crippen molar-refractivity contribution in [2.75, 3.05) is 30.1 Å². The maximum Gasteiger partial charge on any atom is 0.235 e. The SMILES string of the molecule is CN(C)c1ccc(Cn2nccc2NC(=O)CSc2ccccc2)cc1. The molecule has 1 aromatic heterocycles. The number of hydrogen-bond donors (Lipinski definition) is 1. The van der Waals surface area contributed by atoms with Crippen LogP contribution in [0.3, 0.4) is 0 Å². The molecule has 0 atom stereocenters. The van der Waals surface area contributed by atoms with Gasteiger partial charge in [0.1, 0.15) is 5.82 Å². The molecule has 0 saturated carbocycles. The van der Waals surface area contributed by atoms with Gasteiger partial charge < -0.3 is 10.2 Å². The van der Waals surface area contributed by atoms with Crippen molar-refractivity contribution in [3.8, 4) is 0 Å². The summed E-state index contributed by atoms with van der Waals surface area (Å²) in [6, 6.07) is 20.0. The molecular formula is C20H22N4OS. The first-order valence-electron chi connectivity index (χ1n) is 8.37. The maximum atomic E-state index is 12.2. The fourth-order valence-corrected chi connectivity index (χ4v) is 3.20. The number of anilines is 2. The van der Waals surface area contributed by atoms with Crippen LogP contribution in [0.15, 0.2) is 71.8 Å². The fourth-order valence-electron chi connectivity index (χ4n) is 2.48. The number of carbonyl (C=O) groups is 1. The molecule has 134 valence electrons. The molecule has 6 heteroatoms. The van der Waals surface area contributed by atoms with E-state index in [1.54, 1.807) is 10.9 Å². The molecule has 2 aromatic carbocycles. The van der Waals surface area contributed by atoms with E-state index in [0.717, 1.165) is 16.1 Å². The van der Waals surface area contributed by atoms with Gasteiger partial charge in [-0.3, -0.25) is 4.79 Å². The zero-order valence-electron chi connectivity index (χ0n) is 14.9. The van der Waals surface area contributed by atoms with Crippen LogP contribution in [0.5, 0.6) is 0 Å². The highest BCUT2D eigenvalue weighted by atomic mass is 32.2. The standard InChI is InChI=1S/C20H22N4OS/c1-23(2)17-10-8-16(9-11-17)14-24-19(12-13-21-24)22-20(25)15-26-18-6-4-3-5-7-18/h3-13H,14-15H2,1-2H3,(H,22,25). The number of benzene rings is 2. The van der Waals surface area contributed by atoms with Gasteiger partial charge in [0.05, 0.1) is 18.5 Å². The lowest BCUT2D eigenvalue weighted by molar-refractivity contribution is -0.113. The summed E-state index contributed by atoms with van der Waals surface area (Å²) in [6.07, 6.45) is 1.70. The summed E-state index contributed by atoms with van der Waals surface area (Å²) < 4.78 is 1.80. The summed E-state index contributed by atoms with van der Waals surface area (Å²) in [7, 11) is 4.03. The largest absolute Gasteiger partial charge is 0.378 e. The van der Waals surface area contributed by atoms with Crippen molar-refractivity contribution < 1.29 is 4.79 Å². The molecule has 0 aliphatic carbocycles. The van der Waals surface area contributed by atoms with Gasteiger partial charge in [-0.2, -0.15) is 5.10 Å². The van der Waals surface area contributed by atoms with Crippen molar-refractivity contribution in [2.24, 2.45) is 0 Å². The highest BCUT2D eigenvalue weighted by Gasteiger charge is 2.09. The Morgan fingerprint density at radius 1 is 1.08 bits per heavy atom. The molecule has 0 aliphatic rings. The summed E-state index contributed by atoms with van der Waals surface area (Å²) in [5.41, 5.74) is 2.29. The maximum absolute atomic E-state index is 12.2. The number of nitrogens with zero attached hydrogens (tertiary/aromatic N) is 3. The molecule has 1 N–H and O–H groups in total. The first-order valence-corrected chi connectivity index (χ1v) is 9.36. The second kappa shape index (κ2) is 8.58. The van der Waals surface area contributed by atoms with E-state index in [9.17, 15) is 4.79 Å². The number of rotatable bonds is 7. The van der Waals surface area contributed by atoms with Crippen molar-refractivity contribution in [3.63, 3.8) is 0 Å². The van der Waals surface area contributed by atoms with Crippen LogP contribution >= 0.6 is 11.8 Å². The summed E-state index contributed by atoms with van der Waals surface area (Å²) in [4.78, 5) is 15.4. The third kappa shape index (κ3) is 4.89.